The second-order valence-electron chi connectivity index (χ2n) is 11.4. The third kappa shape index (κ3) is 4.33. The summed E-state index contributed by atoms with van der Waals surface area (Å²) in [5.41, 5.74) is 0.348. The molecule has 1 aromatic heterocycles. The van der Waals surface area contributed by atoms with Crippen molar-refractivity contribution in [2.45, 2.75) is 0 Å². The minimum Gasteiger partial charge on any atom is -0.455 e. The van der Waals surface area contributed by atoms with Crippen molar-refractivity contribution < 1.29 is 30.5 Å². The van der Waals surface area contributed by atoms with Crippen molar-refractivity contribution in [1.29, 1.82) is 0 Å². The number of hydrogen-bond donors (Lipinski definition) is 0. The van der Waals surface area contributed by atoms with Crippen molar-refractivity contribution in [2.24, 2.45) is 0 Å². The molecule has 0 aliphatic carbocycles. The molecule has 0 saturated heterocycles. The van der Waals surface area contributed by atoms with Gasteiger partial charge in [-0.1, -0.05) is 169 Å². The van der Waals surface area contributed by atoms with Crippen LogP contribution in [0.4, 0.5) is 0 Å². The zero-order chi connectivity index (χ0) is 48.8. The Morgan fingerprint density at radius 2 is 0.939 bits per heavy atom. The van der Waals surface area contributed by atoms with E-state index < -0.39 is 164 Å². The summed E-state index contributed by atoms with van der Waals surface area (Å²) in [6, 6.07) is 4.72. The Morgan fingerprint density at radius 3 is 1.63 bits per heavy atom. The Kier molecular flexibility index (Phi) is 3.34. The van der Waals surface area contributed by atoms with Crippen LogP contribution in [0.5, 0.6) is 0 Å². The summed E-state index contributed by atoms with van der Waals surface area (Å²) < 4.78 is 179. The highest BCUT2D eigenvalue weighted by atomic mass is 16.3. The van der Waals surface area contributed by atoms with E-state index in [1.807, 2.05) is 48.5 Å². The van der Waals surface area contributed by atoms with E-state index in [2.05, 4.69) is 0 Å². The Hall–Kier alpha value is -6.44. The van der Waals surface area contributed by atoms with Gasteiger partial charge in [0.15, 0.2) is 0 Å². The minimum atomic E-state index is -0.869. The van der Waals surface area contributed by atoms with Gasteiger partial charge >= 0.3 is 0 Å². The van der Waals surface area contributed by atoms with Crippen molar-refractivity contribution in [3.63, 3.8) is 0 Å². The van der Waals surface area contributed by atoms with E-state index in [4.69, 9.17) is 19.5 Å². The molecular formula is C48H30O. The molecule has 228 valence electrons. The van der Waals surface area contributed by atoms with Crippen molar-refractivity contribution in [1.82, 2.24) is 0 Å². The summed E-state index contributed by atoms with van der Waals surface area (Å²) in [5, 5.41) is -1.56. The summed E-state index contributed by atoms with van der Waals surface area (Å²) in [5.74, 6) is 0. The maximum atomic E-state index is 9.85. The molecule has 0 spiro atoms. The van der Waals surface area contributed by atoms with Gasteiger partial charge in [-0.25, -0.2) is 0 Å². The van der Waals surface area contributed by atoms with Gasteiger partial charge in [0, 0.05) is 16.3 Å². The van der Waals surface area contributed by atoms with Crippen LogP contribution >= 0.6 is 0 Å². The highest BCUT2D eigenvalue weighted by molar-refractivity contribution is 6.24. The standard InChI is InChI=1S/C48H30O/c1-3-14-31(15-4-1)35-24-13-25-44-38-27-26-33(30-45(38)49-48(35)44)34-28-29-43(37-19-8-7-18-36(34)37)47-41-22-11-9-20-39(41)46(32-16-5-2-6-17-32)40-21-10-12-23-42(40)47/h1-30H/i2D,5D,6D,7D,8D,9D,10D,11D,12D,16D,17D,18D,19D,20D,21D,22D,23D,28D,29D. The highest BCUT2D eigenvalue weighted by Crippen LogP contribution is 2.47. The molecule has 0 N–H and O–H groups in total. The SMILES string of the molecule is [2H]c1c([2H])c([2H])c(-c2c3c([2H])c([2H])c([2H])c([2H])c3c(-c3c([2H])c([2H])c(-c4ccc5c(c4)oc4c(-c6ccccc6)cccc45)c4c([2H])c([2H])c([2H])c([2H])c34)c3c([2H])c([2H])c([2H])c([2H])c23)c([2H])c1[2H]. The molecule has 0 amide bonds. The topological polar surface area (TPSA) is 13.1 Å². The molecule has 10 rings (SSSR count). The van der Waals surface area contributed by atoms with E-state index in [9.17, 15) is 11.0 Å². The lowest BCUT2D eigenvalue weighted by Gasteiger charge is -2.19. The largest absolute Gasteiger partial charge is 0.455 e. The number of para-hydroxylation sites is 1. The van der Waals surface area contributed by atoms with Gasteiger partial charge in [-0.15, -0.1) is 0 Å². The van der Waals surface area contributed by atoms with Crippen LogP contribution in [0.2, 0.25) is 0 Å². The maximum absolute atomic E-state index is 9.85. The van der Waals surface area contributed by atoms with Gasteiger partial charge in [-0.3, -0.25) is 0 Å². The number of hydrogen-bond acceptors (Lipinski definition) is 1. The van der Waals surface area contributed by atoms with Crippen LogP contribution in [0.15, 0.2) is 186 Å². The van der Waals surface area contributed by atoms with Crippen LogP contribution in [0.25, 0.3) is 98.8 Å². The van der Waals surface area contributed by atoms with E-state index in [1.165, 1.54) is 0 Å². The Morgan fingerprint density at radius 1 is 0.347 bits per heavy atom. The monoisotopic (exact) mass is 641 g/mol. The van der Waals surface area contributed by atoms with Crippen molar-refractivity contribution in [3.05, 3.63) is 182 Å². The van der Waals surface area contributed by atoms with E-state index in [0.717, 1.165) is 16.5 Å². The number of furan rings is 1. The van der Waals surface area contributed by atoms with Gasteiger partial charge in [0.1, 0.15) is 11.2 Å². The molecule has 0 bridgehead atoms. The van der Waals surface area contributed by atoms with E-state index in [1.54, 1.807) is 18.2 Å². The number of benzene rings is 9. The molecule has 0 radical (unpaired) electrons. The van der Waals surface area contributed by atoms with Crippen molar-refractivity contribution in [3.8, 4) is 44.5 Å². The van der Waals surface area contributed by atoms with Crippen LogP contribution < -0.4 is 0 Å². The molecule has 0 atom stereocenters. The first-order valence-corrected chi connectivity index (χ1v) is 15.3. The van der Waals surface area contributed by atoms with Crippen LogP contribution in [0.1, 0.15) is 26.0 Å². The lowest BCUT2D eigenvalue weighted by atomic mass is 9.84. The molecule has 1 heteroatoms. The van der Waals surface area contributed by atoms with Crippen LogP contribution in [0, 0.1) is 0 Å². The van der Waals surface area contributed by atoms with Gasteiger partial charge < -0.3 is 4.42 Å². The average molecular weight is 642 g/mol. The lowest BCUT2D eigenvalue weighted by Crippen LogP contribution is -1.92. The Labute approximate surface area is 311 Å². The fraction of sp³-hybridized carbons (Fsp3) is 0. The Balaban J connectivity index is 1.43. The van der Waals surface area contributed by atoms with Gasteiger partial charge in [0.2, 0.25) is 0 Å². The summed E-state index contributed by atoms with van der Waals surface area (Å²) in [7, 11) is 0. The molecule has 0 saturated carbocycles. The van der Waals surface area contributed by atoms with Gasteiger partial charge in [0.25, 0.3) is 0 Å². The van der Waals surface area contributed by atoms with Crippen molar-refractivity contribution >= 4 is 54.3 Å². The second-order valence-corrected chi connectivity index (χ2v) is 11.4. The Bertz CT molecular complexity index is 3850. The number of rotatable bonds is 4. The van der Waals surface area contributed by atoms with E-state index >= 15 is 0 Å². The molecule has 49 heavy (non-hydrogen) atoms. The summed E-state index contributed by atoms with van der Waals surface area (Å²) >= 11 is 0. The van der Waals surface area contributed by atoms with Crippen molar-refractivity contribution in [2.75, 3.05) is 0 Å². The quantitative estimate of drug-likeness (QED) is 0.174. The predicted molar refractivity (Wildman–Crippen MR) is 208 cm³/mol. The molecule has 9 aromatic carbocycles. The van der Waals surface area contributed by atoms with Gasteiger partial charge in [-0.05, 0) is 83.4 Å². The summed E-state index contributed by atoms with van der Waals surface area (Å²) in [4.78, 5) is 0. The minimum absolute atomic E-state index is 0.139. The molecule has 10 aromatic rings. The maximum Gasteiger partial charge on any atom is 0.143 e. The number of fused-ring (bicyclic) bond motifs is 6. The lowest BCUT2D eigenvalue weighted by molar-refractivity contribution is 0.670. The molecule has 0 aliphatic heterocycles. The fourth-order valence-electron chi connectivity index (χ4n) is 6.64. The van der Waals surface area contributed by atoms with Crippen LogP contribution in [-0.4, -0.2) is 0 Å². The molecule has 0 fully saturated rings. The van der Waals surface area contributed by atoms with E-state index in [-0.39, 0.29) is 16.5 Å². The summed E-state index contributed by atoms with van der Waals surface area (Å²) in [6.07, 6.45) is 0. The molecular weight excluding hydrogens is 593 g/mol. The molecule has 0 unspecified atom stereocenters. The zero-order valence-electron chi connectivity index (χ0n) is 44.3. The first-order chi connectivity index (χ1) is 32.2. The normalized spacial score (nSPS) is 17.1. The zero-order valence-corrected chi connectivity index (χ0v) is 25.3. The van der Waals surface area contributed by atoms with Gasteiger partial charge in [-0.2, -0.15) is 0 Å². The first-order valence-electron chi connectivity index (χ1n) is 24.8. The highest BCUT2D eigenvalue weighted by Gasteiger charge is 2.19. The summed E-state index contributed by atoms with van der Waals surface area (Å²) in [6.45, 7) is 0. The second kappa shape index (κ2) is 11.1. The van der Waals surface area contributed by atoms with Crippen LogP contribution in [-0.2, 0) is 0 Å². The van der Waals surface area contributed by atoms with Crippen LogP contribution in [0.3, 0.4) is 0 Å². The molecule has 1 nitrogen and oxygen atoms in total. The molecule has 1 heterocycles. The first kappa shape index (κ1) is 14.8. The fourth-order valence-corrected chi connectivity index (χ4v) is 6.64. The smallest absolute Gasteiger partial charge is 0.143 e. The third-order valence-electron chi connectivity index (χ3n) is 8.75. The predicted octanol–water partition coefficient (Wildman–Crippen LogP) is 13.7. The average Bonchev–Trinajstić information content (AvgIpc) is 3.72. The third-order valence-corrected chi connectivity index (χ3v) is 8.75. The molecule has 0 aliphatic rings. The van der Waals surface area contributed by atoms with E-state index in [0.29, 0.717) is 16.6 Å². The van der Waals surface area contributed by atoms with Gasteiger partial charge in [0.05, 0.1) is 26.0 Å².